The highest BCUT2D eigenvalue weighted by Gasteiger charge is 2.14. The SMILES string of the molecule is CCN(CC)Cc1cc(C(=O)OCCSCCO)cc(Br)c1N. The number of carbonyl (C=O) groups excluding carboxylic acids is 1. The summed E-state index contributed by atoms with van der Waals surface area (Å²) in [4.78, 5) is 14.4. The van der Waals surface area contributed by atoms with Gasteiger partial charge in [0.05, 0.1) is 17.9 Å². The van der Waals surface area contributed by atoms with Gasteiger partial charge in [0.1, 0.15) is 6.61 Å². The molecule has 0 saturated carbocycles. The second kappa shape index (κ2) is 10.9. The Kier molecular flexibility index (Phi) is 9.62. The summed E-state index contributed by atoms with van der Waals surface area (Å²) in [6.45, 7) is 7.20. The molecule has 0 saturated heterocycles. The number of hydrogen-bond acceptors (Lipinski definition) is 6. The lowest BCUT2D eigenvalue weighted by Crippen LogP contribution is -2.23. The van der Waals surface area contributed by atoms with E-state index in [-0.39, 0.29) is 12.6 Å². The average molecular weight is 405 g/mol. The number of carbonyl (C=O) groups is 1. The molecule has 0 heterocycles. The van der Waals surface area contributed by atoms with Gasteiger partial charge >= 0.3 is 5.97 Å². The minimum atomic E-state index is -0.351. The summed E-state index contributed by atoms with van der Waals surface area (Å²) in [6, 6.07) is 3.51. The van der Waals surface area contributed by atoms with E-state index in [0.29, 0.717) is 40.4 Å². The number of nitrogens with two attached hydrogens (primary N) is 1. The second-order valence-electron chi connectivity index (χ2n) is 4.96. The van der Waals surface area contributed by atoms with Crippen LogP contribution in [0.3, 0.4) is 0 Å². The van der Waals surface area contributed by atoms with Crippen molar-refractivity contribution in [3.63, 3.8) is 0 Å². The zero-order valence-corrected chi connectivity index (χ0v) is 16.1. The molecule has 0 bridgehead atoms. The molecule has 5 nitrogen and oxygen atoms in total. The molecule has 3 N–H and O–H groups in total. The van der Waals surface area contributed by atoms with Gasteiger partial charge in [-0.15, -0.1) is 0 Å². The molecular weight excluding hydrogens is 380 g/mol. The van der Waals surface area contributed by atoms with Gasteiger partial charge in [0.15, 0.2) is 0 Å². The highest BCUT2D eigenvalue weighted by atomic mass is 79.9. The Labute approximate surface area is 150 Å². The maximum absolute atomic E-state index is 12.2. The van der Waals surface area contributed by atoms with Gasteiger partial charge in [-0.3, -0.25) is 4.90 Å². The first-order valence-corrected chi connectivity index (χ1v) is 9.64. The summed E-state index contributed by atoms with van der Waals surface area (Å²) in [6.07, 6.45) is 0. The molecule has 0 spiro atoms. The molecule has 7 heteroatoms. The van der Waals surface area contributed by atoms with Crippen molar-refractivity contribution in [2.45, 2.75) is 20.4 Å². The van der Waals surface area contributed by atoms with E-state index in [1.807, 2.05) is 6.07 Å². The number of aliphatic hydroxyl groups excluding tert-OH is 1. The van der Waals surface area contributed by atoms with E-state index >= 15 is 0 Å². The van der Waals surface area contributed by atoms with Gasteiger partial charge < -0.3 is 15.6 Å². The van der Waals surface area contributed by atoms with Gasteiger partial charge in [-0.05, 0) is 46.7 Å². The number of benzene rings is 1. The fraction of sp³-hybridized carbons (Fsp3) is 0.562. The molecule has 0 aliphatic carbocycles. The Morgan fingerprint density at radius 2 is 2.04 bits per heavy atom. The third-order valence-corrected chi connectivity index (χ3v) is 5.02. The van der Waals surface area contributed by atoms with E-state index in [2.05, 4.69) is 34.7 Å². The third-order valence-electron chi connectivity index (χ3n) is 3.44. The van der Waals surface area contributed by atoms with Crippen molar-refractivity contribution in [2.24, 2.45) is 0 Å². The summed E-state index contributed by atoms with van der Waals surface area (Å²) in [5.74, 6) is 0.976. The molecule has 0 atom stereocenters. The normalized spacial score (nSPS) is 11.0. The largest absolute Gasteiger partial charge is 0.461 e. The van der Waals surface area contributed by atoms with Crippen LogP contribution in [0.5, 0.6) is 0 Å². The molecule has 0 fully saturated rings. The number of thioether (sulfide) groups is 1. The number of esters is 1. The van der Waals surface area contributed by atoms with E-state index < -0.39 is 0 Å². The van der Waals surface area contributed by atoms with Crippen molar-refractivity contribution < 1.29 is 14.6 Å². The molecule has 0 amide bonds. The number of halogens is 1. The van der Waals surface area contributed by atoms with Crippen molar-refractivity contribution in [2.75, 3.05) is 43.5 Å². The number of ether oxygens (including phenoxy) is 1. The molecule has 0 radical (unpaired) electrons. The molecule has 23 heavy (non-hydrogen) atoms. The zero-order valence-electron chi connectivity index (χ0n) is 13.7. The molecular formula is C16H25BrN2O3S. The van der Waals surface area contributed by atoms with Gasteiger partial charge in [0, 0.05) is 22.5 Å². The van der Waals surface area contributed by atoms with Crippen LogP contribution in [-0.4, -0.2) is 53.8 Å². The van der Waals surface area contributed by atoms with Crippen molar-refractivity contribution in [3.8, 4) is 0 Å². The van der Waals surface area contributed by atoms with Crippen molar-refractivity contribution in [3.05, 3.63) is 27.7 Å². The van der Waals surface area contributed by atoms with E-state index in [0.717, 1.165) is 18.7 Å². The predicted molar refractivity (Wildman–Crippen MR) is 99.9 cm³/mol. The zero-order chi connectivity index (χ0) is 17.2. The van der Waals surface area contributed by atoms with Gasteiger partial charge in [0.25, 0.3) is 0 Å². The second-order valence-corrected chi connectivity index (χ2v) is 7.04. The Balaban J connectivity index is 2.75. The predicted octanol–water partition coefficient (Wildman–Crippen LogP) is 2.76. The third kappa shape index (κ3) is 6.71. The topological polar surface area (TPSA) is 75.8 Å². The van der Waals surface area contributed by atoms with Gasteiger partial charge in [-0.2, -0.15) is 11.8 Å². The molecule has 1 rings (SSSR count). The summed E-state index contributed by atoms with van der Waals surface area (Å²) in [5, 5.41) is 8.70. The fourth-order valence-electron chi connectivity index (χ4n) is 2.05. The van der Waals surface area contributed by atoms with E-state index in [1.165, 1.54) is 0 Å². The van der Waals surface area contributed by atoms with Crippen LogP contribution in [-0.2, 0) is 11.3 Å². The average Bonchev–Trinajstić information content (AvgIpc) is 2.55. The number of hydrogen-bond donors (Lipinski definition) is 2. The summed E-state index contributed by atoms with van der Waals surface area (Å²) in [5.41, 5.74) is 8.19. The van der Waals surface area contributed by atoms with Gasteiger partial charge in [0.2, 0.25) is 0 Å². The lowest BCUT2D eigenvalue weighted by atomic mass is 10.1. The van der Waals surface area contributed by atoms with E-state index in [4.69, 9.17) is 15.6 Å². The molecule has 0 aliphatic heterocycles. The Bertz CT molecular complexity index is 510. The van der Waals surface area contributed by atoms with Crippen LogP contribution < -0.4 is 5.73 Å². The quantitative estimate of drug-likeness (QED) is 0.354. The van der Waals surface area contributed by atoms with Crippen molar-refractivity contribution in [1.82, 2.24) is 4.90 Å². The smallest absolute Gasteiger partial charge is 0.338 e. The molecule has 0 aromatic heterocycles. The first-order chi connectivity index (χ1) is 11.0. The number of anilines is 1. The van der Waals surface area contributed by atoms with Crippen LogP contribution in [0.1, 0.15) is 29.8 Å². The molecule has 0 unspecified atom stereocenters. The van der Waals surface area contributed by atoms with Crippen LogP contribution >= 0.6 is 27.7 Å². The van der Waals surface area contributed by atoms with E-state index in [1.54, 1.807) is 17.8 Å². The van der Waals surface area contributed by atoms with Gasteiger partial charge in [-0.1, -0.05) is 13.8 Å². The minimum Gasteiger partial charge on any atom is -0.461 e. The number of aliphatic hydroxyl groups is 1. The summed E-state index contributed by atoms with van der Waals surface area (Å²) in [7, 11) is 0. The van der Waals surface area contributed by atoms with Crippen LogP contribution in [0.15, 0.2) is 16.6 Å². The Morgan fingerprint density at radius 1 is 1.35 bits per heavy atom. The minimum absolute atomic E-state index is 0.137. The van der Waals surface area contributed by atoms with Crippen LogP contribution in [0.25, 0.3) is 0 Å². The molecule has 1 aromatic carbocycles. The fourth-order valence-corrected chi connectivity index (χ4v) is 3.09. The van der Waals surface area contributed by atoms with Crippen molar-refractivity contribution in [1.29, 1.82) is 0 Å². The number of rotatable bonds is 10. The molecule has 1 aromatic rings. The Morgan fingerprint density at radius 3 is 2.65 bits per heavy atom. The summed E-state index contributed by atoms with van der Waals surface area (Å²) < 4.78 is 5.98. The Hall–Kier alpha value is -0.760. The van der Waals surface area contributed by atoms with Crippen LogP contribution in [0.2, 0.25) is 0 Å². The standard InChI is InChI=1S/C16H25BrN2O3S/c1-3-19(4-2)11-13-9-12(10-14(17)15(13)18)16(21)22-6-8-23-7-5-20/h9-10,20H,3-8,11,18H2,1-2H3. The highest BCUT2D eigenvalue weighted by Crippen LogP contribution is 2.27. The van der Waals surface area contributed by atoms with E-state index in [9.17, 15) is 4.79 Å². The monoisotopic (exact) mass is 404 g/mol. The highest BCUT2D eigenvalue weighted by molar-refractivity contribution is 9.10. The number of nitrogen functional groups attached to an aromatic ring is 1. The van der Waals surface area contributed by atoms with Crippen LogP contribution in [0.4, 0.5) is 5.69 Å². The summed E-state index contributed by atoms with van der Waals surface area (Å²) >= 11 is 4.97. The lowest BCUT2D eigenvalue weighted by molar-refractivity contribution is 0.0530. The maximum atomic E-state index is 12.2. The maximum Gasteiger partial charge on any atom is 0.338 e. The molecule has 0 aliphatic rings. The molecule has 130 valence electrons. The van der Waals surface area contributed by atoms with Crippen molar-refractivity contribution >= 4 is 39.3 Å². The lowest BCUT2D eigenvalue weighted by Gasteiger charge is -2.20. The van der Waals surface area contributed by atoms with Gasteiger partial charge in [-0.25, -0.2) is 4.79 Å². The van der Waals surface area contributed by atoms with Crippen LogP contribution in [0, 0.1) is 0 Å². The first kappa shape index (κ1) is 20.3. The first-order valence-electron chi connectivity index (χ1n) is 7.69. The number of nitrogens with zero attached hydrogens (tertiary/aromatic N) is 1.